The first-order valence-corrected chi connectivity index (χ1v) is 3.40. The van der Waals surface area contributed by atoms with Crippen LogP contribution in [0.2, 0.25) is 0 Å². The molecule has 1 heterocycles. The van der Waals surface area contributed by atoms with E-state index in [-0.39, 0.29) is 19.4 Å². The third-order valence-electron chi connectivity index (χ3n) is 1.43. The van der Waals surface area contributed by atoms with E-state index in [9.17, 15) is 18.0 Å². The summed E-state index contributed by atoms with van der Waals surface area (Å²) in [6.45, 7) is -0.00852. The average molecular weight is 184 g/mol. The Balaban J connectivity index is 2.58. The van der Waals surface area contributed by atoms with Crippen molar-refractivity contribution in [1.82, 2.24) is 0 Å². The largest absolute Gasteiger partial charge is 0.508 e. The van der Waals surface area contributed by atoms with Crippen LogP contribution in [0.15, 0.2) is 0 Å². The van der Waals surface area contributed by atoms with Gasteiger partial charge in [0.1, 0.15) is 0 Å². The molecule has 1 fully saturated rings. The van der Waals surface area contributed by atoms with Gasteiger partial charge in [-0.1, -0.05) is 0 Å². The van der Waals surface area contributed by atoms with E-state index < -0.39 is 18.4 Å². The summed E-state index contributed by atoms with van der Waals surface area (Å²) in [5, 5.41) is 0. The molecule has 0 radical (unpaired) electrons. The molecule has 1 rings (SSSR count). The first-order valence-electron chi connectivity index (χ1n) is 3.40. The van der Waals surface area contributed by atoms with E-state index >= 15 is 0 Å². The Morgan fingerprint density at radius 1 is 1.42 bits per heavy atom. The molecule has 1 atom stereocenters. The molecule has 0 aromatic heterocycles. The van der Waals surface area contributed by atoms with Gasteiger partial charge >= 0.3 is 12.3 Å². The number of alkyl halides is 3. The second kappa shape index (κ2) is 3.20. The molecule has 1 saturated heterocycles. The number of carbonyl (C=O) groups is 1. The topological polar surface area (TPSA) is 35.5 Å². The summed E-state index contributed by atoms with van der Waals surface area (Å²) in [4.78, 5) is 10.4. The minimum atomic E-state index is -4.48. The van der Waals surface area contributed by atoms with Gasteiger partial charge in [0, 0.05) is 0 Å². The highest BCUT2D eigenvalue weighted by Gasteiger charge is 2.43. The standard InChI is InChI=1S/C6H7F3O3/c7-6(8,9)4-2-1-3-11-5(10)12-4/h4H,1-3H2. The lowest BCUT2D eigenvalue weighted by molar-refractivity contribution is -0.206. The molecule has 1 unspecified atom stereocenters. The van der Waals surface area contributed by atoms with Crippen molar-refractivity contribution in [3.63, 3.8) is 0 Å². The molecular weight excluding hydrogens is 177 g/mol. The van der Waals surface area contributed by atoms with Gasteiger partial charge in [0.05, 0.1) is 6.61 Å². The van der Waals surface area contributed by atoms with Crippen LogP contribution < -0.4 is 0 Å². The van der Waals surface area contributed by atoms with Gasteiger partial charge < -0.3 is 9.47 Å². The molecule has 0 saturated carbocycles. The number of hydrogen-bond donors (Lipinski definition) is 0. The zero-order chi connectivity index (χ0) is 9.19. The van der Waals surface area contributed by atoms with Crippen LogP contribution in [-0.4, -0.2) is 25.0 Å². The number of ether oxygens (including phenoxy) is 2. The van der Waals surface area contributed by atoms with Crippen LogP contribution in [0.25, 0.3) is 0 Å². The van der Waals surface area contributed by atoms with E-state index in [1.807, 2.05) is 0 Å². The molecule has 0 amide bonds. The van der Waals surface area contributed by atoms with Crippen molar-refractivity contribution in [3.05, 3.63) is 0 Å². The van der Waals surface area contributed by atoms with E-state index in [0.29, 0.717) is 0 Å². The third kappa shape index (κ3) is 2.28. The summed E-state index contributed by atoms with van der Waals surface area (Å²) in [7, 11) is 0. The van der Waals surface area contributed by atoms with Crippen molar-refractivity contribution in [3.8, 4) is 0 Å². The highest BCUT2D eigenvalue weighted by Crippen LogP contribution is 2.27. The average Bonchev–Trinajstić information content (AvgIpc) is 2.11. The highest BCUT2D eigenvalue weighted by molar-refractivity contribution is 5.60. The van der Waals surface area contributed by atoms with Gasteiger partial charge in [0.15, 0.2) is 0 Å². The Morgan fingerprint density at radius 3 is 2.67 bits per heavy atom. The van der Waals surface area contributed by atoms with Gasteiger partial charge in [-0.3, -0.25) is 0 Å². The minimum absolute atomic E-state index is 0.00852. The first kappa shape index (κ1) is 9.15. The second-order valence-electron chi connectivity index (χ2n) is 2.39. The minimum Gasteiger partial charge on any atom is -0.434 e. The molecule has 3 nitrogen and oxygen atoms in total. The normalized spacial score (nSPS) is 25.6. The van der Waals surface area contributed by atoms with Crippen molar-refractivity contribution in [1.29, 1.82) is 0 Å². The van der Waals surface area contributed by atoms with Gasteiger partial charge in [-0.25, -0.2) is 4.79 Å². The lowest BCUT2D eigenvalue weighted by Crippen LogP contribution is -2.32. The molecule has 1 aliphatic heterocycles. The molecule has 0 bridgehead atoms. The molecule has 0 aromatic carbocycles. The predicted octanol–water partition coefficient (Wildman–Crippen LogP) is 1.86. The lowest BCUT2D eigenvalue weighted by Gasteiger charge is -2.16. The molecule has 0 aromatic rings. The van der Waals surface area contributed by atoms with E-state index in [1.54, 1.807) is 0 Å². The smallest absolute Gasteiger partial charge is 0.434 e. The second-order valence-corrected chi connectivity index (χ2v) is 2.39. The summed E-state index contributed by atoms with van der Waals surface area (Å²) in [6, 6.07) is 0. The summed E-state index contributed by atoms with van der Waals surface area (Å²) in [5.74, 6) is 0. The van der Waals surface area contributed by atoms with Gasteiger partial charge in [-0.2, -0.15) is 13.2 Å². The van der Waals surface area contributed by atoms with Crippen molar-refractivity contribution in [2.24, 2.45) is 0 Å². The maximum absolute atomic E-state index is 12.0. The quantitative estimate of drug-likeness (QED) is 0.539. The highest BCUT2D eigenvalue weighted by atomic mass is 19.4. The number of cyclic esters (lactones) is 2. The summed E-state index contributed by atoms with van der Waals surface area (Å²) in [6.07, 6.45) is -7.78. The number of hydrogen-bond acceptors (Lipinski definition) is 3. The fourth-order valence-corrected chi connectivity index (χ4v) is 0.864. The Kier molecular flexibility index (Phi) is 2.44. The van der Waals surface area contributed by atoms with Crippen LogP contribution in [0.4, 0.5) is 18.0 Å². The van der Waals surface area contributed by atoms with Crippen molar-refractivity contribution in [2.45, 2.75) is 25.1 Å². The van der Waals surface area contributed by atoms with Crippen LogP contribution in [0.3, 0.4) is 0 Å². The Bertz CT molecular complexity index is 177. The Morgan fingerprint density at radius 2 is 2.08 bits per heavy atom. The molecule has 0 N–H and O–H groups in total. The summed E-state index contributed by atoms with van der Waals surface area (Å²) >= 11 is 0. The fraction of sp³-hybridized carbons (Fsp3) is 0.833. The van der Waals surface area contributed by atoms with Crippen LogP contribution >= 0.6 is 0 Å². The van der Waals surface area contributed by atoms with E-state index in [4.69, 9.17) is 0 Å². The van der Waals surface area contributed by atoms with E-state index in [0.717, 1.165) is 0 Å². The number of rotatable bonds is 0. The van der Waals surface area contributed by atoms with E-state index in [2.05, 4.69) is 9.47 Å². The van der Waals surface area contributed by atoms with Crippen LogP contribution in [0.5, 0.6) is 0 Å². The monoisotopic (exact) mass is 184 g/mol. The SMILES string of the molecule is O=C1OCCCC(C(F)(F)F)O1. The van der Waals surface area contributed by atoms with Crippen LogP contribution in [0, 0.1) is 0 Å². The van der Waals surface area contributed by atoms with Crippen molar-refractivity contribution in [2.75, 3.05) is 6.61 Å². The van der Waals surface area contributed by atoms with Gasteiger partial charge in [-0.05, 0) is 12.8 Å². The van der Waals surface area contributed by atoms with Gasteiger partial charge in [0.2, 0.25) is 6.10 Å². The van der Waals surface area contributed by atoms with Crippen LogP contribution in [0.1, 0.15) is 12.8 Å². The molecule has 1 aliphatic rings. The maximum Gasteiger partial charge on any atom is 0.508 e. The van der Waals surface area contributed by atoms with E-state index in [1.165, 1.54) is 0 Å². The molecule has 0 spiro atoms. The molecule has 6 heteroatoms. The summed E-state index contributed by atoms with van der Waals surface area (Å²) in [5.41, 5.74) is 0. The molecular formula is C6H7F3O3. The third-order valence-corrected chi connectivity index (χ3v) is 1.43. The van der Waals surface area contributed by atoms with Crippen molar-refractivity contribution >= 4 is 6.16 Å². The molecule has 0 aliphatic carbocycles. The Hall–Kier alpha value is -0.940. The summed E-state index contributed by atoms with van der Waals surface area (Å²) < 4.78 is 44.1. The predicted molar refractivity (Wildman–Crippen MR) is 31.5 cm³/mol. The molecule has 70 valence electrons. The number of halogens is 3. The lowest BCUT2D eigenvalue weighted by atomic mass is 10.2. The Labute approximate surface area is 66.4 Å². The van der Waals surface area contributed by atoms with Crippen LogP contribution in [-0.2, 0) is 9.47 Å². The van der Waals surface area contributed by atoms with Gasteiger partial charge in [-0.15, -0.1) is 0 Å². The number of carbonyl (C=O) groups excluding carboxylic acids is 1. The first-order chi connectivity index (χ1) is 5.50. The zero-order valence-electron chi connectivity index (χ0n) is 6.06. The maximum atomic E-state index is 12.0. The van der Waals surface area contributed by atoms with Gasteiger partial charge in [0.25, 0.3) is 0 Å². The van der Waals surface area contributed by atoms with Crippen molar-refractivity contribution < 1.29 is 27.4 Å². The molecule has 12 heavy (non-hydrogen) atoms. The fourth-order valence-electron chi connectivity index (χ4n) is 0.864. The zero-order valence-corrected chi connectivity index (χ0v) is 6.06.